The van der Waals surface area contributed by atoms with Crippen LogP contribution in [0.25, 0.3) is 11.3 Å². The first-order valence-electron chi connectivity index (χ1n) is 7.95. The Hall–Kier alpha value is -2.03. The number of nitrogens with one attached hydrogen (secondary N) is 1. The second kappa shape index (κ2) is 9.25. The number of amides is 1. The molecule has 0 fully saturated rings. The maximum absolute atomic E-state index is 12.2. The summed E-state index contributed by atoms with van der Waals surface area (Å²) in [5.74, 6) is 1.37. The molecule has 140 valence electrons. The predicted octanol–water partition coefficient (Wildman–Crippen LogP) is 5.32. The minimum Gasteiger partial charge on any atom is -0.493 e. The normalized spacial score (nSPS) is 10.5. The zero-order valence-corrected chi connectivity index (χ0v) is 17.9. The molecule has 0 saturated heterocycles. The topological polar surface area (TPSA) is 60.5 Å². The van der Waals surface area contributed by atoms with E-state index in [9.17, 15) is 4.79 Å². The molecule has 0 atom stereocenters. The van der Waals surface area contributed by atoms with Crippen molar-refractivity contribution in [2.75, 3.05) is 25.3 Å². The quantitative estimate of drug-likeness (QED) is 0.479. The number of carbonyl (C=O) groups is 1. The van der Waals surface area contributed by atoms with Gasteiger partial charge in [0.25, 0.3) is 0 Å². The largest absolute Gasteiger partial charge is 0.493 e. The van der Waals surface area contributed by atoms with Crippen molar-refractivity contribution in [2.45, 2.75) is 4.34 Å². The number of methoxy groups -OCH3 is 2. The number of hydrogen-bond donors (Lipinski definition) is 1. The average molecular weight is 465 g/mol. The van der Waals surface area contributed by atoms with Crippen LogP contribution in [0.1, 0.15) is 0 Å². The summed E-state index contributed by atoms with van der Waals surface area (Å²) in [5, 5.41) is 4.86. The van der Waals surface area contributed by atoms with E-state index in [1.165, 1.54) is 23.1 Å². The summed E-state index contributed by atoms with van der Waals surface area (Å²) < 4.78 is 12.3. The standard InChI is InChI=1S/C19H17BrN2O3S2/c1-24-16-8-7-14(9-17(16)25-2)21-18(23)11-27-19-22-15(10-26-19)12-3-5-13(20)6-4-12/h3-10H,11H2,1-2H3,(H,21,23). The number of nitrogens with zero attached hydrogens (tertiary/aromatic N) is 1. The molecule has 1 amide bonds. The maximum Gasteiger partial charge on any atom is 0.234 e. The van der Waals surface area contributed by atoms with Crippen molar-refractivity contribution in [3.05, 3.63) is 52.3 Å². The molecule has 0 aliphatic heterocycles. The van der Waals surface area contributed by atoms with E-state index >= 15 is 0 Å². The Bertz CT molecular complexity index is 929. The van der Waals surface area contributed by atoms with E-state index in [0.29, 0.717) is 17.2 Å². The molecular formula is C19H17BrN2O3S2. The van der Waals surface area contributed by atoms with Gasteiger partial charge in [0.05, 0.1) is 25.7 Å². The first kappa shape index (κ1) is 19.7. The zero-order valence-electron chi connectivity index (χ0n) is 14.7. The molecule has 2 aromatic carbocycles. The highest BCUT2D eigenvalue weighted by atomic mass is 79.9. The van der Waals surface area contributed by atoms with Crippen molar-refractivity contribution in [1.82, 2.24) is 4.98 Å². The predicted molar refractivity (Wildman–Crippen MR) is 114 cm³/mol. The van der Waals surface area contributed by atoms with Crippen molar-refractivity contribution >= 4 is 50.6 Å². The van der Waals surface area contributed by atoms with Gasteiger partial charge in [0.2, 0.25) is 5.91 Å². The van der Waals surface area contributed by atoms with E-state index in [1.54, 1.807) is 32.4 Å². The third kappa shape index (κ3) is 5.24. The van der Waals surface area contributed by atoms with Crippen molar-refractivity contribution in [1.29, 1.82) is 0 Å². The summed E-state index contributed by atoms with van der Waals surface area (Å²) in [4.78, 5) is 16.8. The number of ether oxygens (including phenoxy) is 2. The lowest BCUT2D eigenvalue weighted by Gasteiger charge is -2.10. The van der Waals surface area contributed by atoms with E-state index in [0.717, 1.165) is 20.1 Å². The van der Waals surface area contributed by atoms with Crippen LogP contribution in [0.2, 0.25) is 0 Å². The van der Waals surface area contributed by atoms with Crippen molar-refractivity contribution in [3.63, 3.8) is 0 Å². The minimum atomic E-state index is -0.104. The van der Waals surface area contributed by atoms with Crippen LogP contribution in [-0.4, -0.2) is 30.9 Å². The Labute approximate surface area is 174 Å². The SMILES string of the molecule is COc1ccc(NC(=O)CSc2nc(-c3ccc(Br)cc3)cs2)cc1OC. The molecule has 0 radical (unpaired) electrons. The molecule has 3 rings (SSSR count). The van der Waals surface area contributed by atoms with Crippen LogP contribution in [-0.2, 0) is 4.79 Å². The third-order valence-corrected chi connectivity index (χ3v) is 6.17. The molecule has 0 aliphatic rings. The Morgan fingerprint density at radius 2 is 1.89 bits per heavy atom. The fraction of sp³-hybridized carbons (Fsp3) is 0.158. The van der Waals surface area contributed by atoms with Gasteiger partial charge < -0.3 is 14.8 Å². The molecule has 1 N–H and O–H groups in total. The number of rotatable bonds is 7. The molecule has 0 saturated carbocycles. The number of halogens is 1. The van der Waals surface area contributed by atoms with E-state index in [2.05, 4.69) is 26.2 Å². The maximum atomic E-state index is 12.2. The lowest BCUT2D eigenvalue weighted by atomic mass is 10.2. The Kier molecular flexibility index (Phi) is 6.76. The summed E-state index contributed by atoms with van der Waals surface area (Å²) in [6.45, 7) is 0. The van der Waals surface area contributed by atoms with Gasteiger partial charge in [-0.15, -0.1) is 11.3 Å². The van der Waals surface area contributed by atoms with Crippen molar-refractivity contribution in [2.24, 2.45) is 0 Å². The molecule has 1 heterocycles. The smallest absolute Gasteiger partial charge is 0.234 e. The van der Waals surface area contributed by atoms with Crippen LogP contribution >= 0.6 is 39.0 Å². The van der Waals surface area contributed by atoms with Crippen molar-refractivity contribution < 1.29 is 14.3 Å². The van der Waals surface area contributed by atoms with Gasteiger partial charge >= 0.3 is 0 Å². The number of carbonyl (C=O) groups excluding carboxylic acids is 1. The zero-order chi connectivity index (χ0) is 19.2. The molecule has 0 unspecified atom stereocenters. The van der Waals surface area contributed by atoms with E-state index in [-0.39, 0.29) is 11.7 Å². The number of hydrogen-bond acceptors (Lipinski definition) is 6. The molecular weight excluding hydrogens is 448 g/mol. The highest BCUT2D eigenvalue weighted by molar-refractivity contribution is 9.10. The average Bonchev–Trinajstić information content (AvgIpc) is 3.16. The fourth-order valence-electron chi connectivity index (χ4n) is 2.32. The lowest BCUT2D eigenvalue weighted by Crippen LogP contribution is -2.14. The van der Waals surface area contributed by atoms with Crippen molar-refractivity contribution in [3.8, 4) is 22.8 Å². The summed E-state index contributed by atoms with van der Waals surface area (Å²) in [6.07, 6.45) is 0. The van der Waals surface area contributed by atoms with Gasteiger partial charge in [-0.3, -0.25) is 4.79 Å². The monoisotopic (exact) mass is 464 g/mol. The van der Waals surface area contributed by atoms with Crippen LogP contribution in [0, 0.1) is 0 Å². The summed E-state index contributed by atoms with van der Waals surface area (Å²) in [6, 6.07) is 13.3. The number of aromatic nitrogens is 1. The van der Waals surface area contributed by atoms with Crippen LogP contribution in [0.5, 0.6) is 11.5 Å². The molecule has 0 bridgehead atoms. The van der Waals surface area contributed by atoms with E-state index in [4.69, 9.17) is 9.47 Å². The second-order valence-corrected chi connectivity index (χ2v) is 8.41. The molecule has 0 aliphatic carbocycles. The summed E-state index contributed by atoms with van der Waals surface area (Å²) in [5.41, 5.74) is 2.62. The molecule has 3 aromatic rings. The Morgan fingerprint density at radius 3 is 2.59 bits per heavy atom. The first-order chi connectivity index (χ1) is 13.1. The summed E-state index contributed by atoms with van der Waals surface area (Å²) in [7, 11) is 3.13. The first-order valence-corrected chi connectivity index (χ1v) is 10.6. The fourth-order valence-corrected chi connectivity index (χ4v) is 4.21. The Balaban J connectivity index is 1.57. The lowest BCUT2D eigenvalue weighted by molar-refractivity contribution is -0.113. The molecule has 0 spiro atoms. The molecule has 27 heavy (non-hydrogen) atoms. The number of benzene rings is 2. The number of thiazole rings is 1. The molecule has 5 nitrogen and oxygen atoms in total. The van der Waals surface area contributed by atoms with E-state index in [1.807, 2.05) is 29.6 Å². The van der Waals surface area contributed by atoms with Gasteiger partial charge in [0.15, 0.2) is 15.8 Å². The number of anilines is 1. The molecule has 1 aromatic heterocycles. The minimum absolute atomic E-state index is 0.104. The highest BCUT2D eigenvalue weighted by Gasteiger charge is 2.10. The Morgan fingerprint density at radius 1 is 1.15 bits per heavy atom. The third-order valence-electron chi connectivity index (χ3n) is 3.62. The van der Waals surface area contributed by atoms with Gasteiger partial charge in [-0.25, -0.2) is 4.98 Å². The van der Waals surface area contributed by atoms with Gasteiger partial charge in [0, 0.05) is 27.2 Å². The van der Waals surface area contributed by atoms with Crippen LogP contribution in [0.3, 0.4) is 0 Å². The van der Waals surface area contributed by atoms with Gasteiger partial charge in [-0.05, 0) is 24.3 Å². The van der Waals surface area contributed by atoms with Gasteiger partial charge in [-0.1, -0.05) is 39.8 Å². The van der Waals surface area contributed by atoms with E-state index < -0.39 is 0 Å². The number of thioether (sulfide) groups is 1. The summed E-state index contributed by atoms with van der Waals surface area (Å²) >= 11 is 6.37. The highest BCUT2D eigenvalue weighted by Crippen LogP contribution is 2.31. The molecule has 8 heteroatoms. The second-order valence-electron chi connectivity index (χ2n) is 5.41. The van der Waals surface area contributed by atoms with Crippen LogP contribution in [0.4, 0.5) is 5.69 Å². The van der Waals surface area contributed by atoms with Gasteiger partial charge in [0.1, 0.15) is 0 Å². The van der Waals surface area contributed by atoms with Crippen LogP contribution < -0.4 is 14.8 Å². The van der Waals surface area contributed by atoms with Crippen LogP contribution in [0.15, 0.2) is 56.7 Å². The van der Waals surface area contributed by atoms with Gasteiger partial charge in [-0.2, -0.15) is 0 Å².